The van der Waals surface area contributed by atoms with Gasteiger partial charge in [-0.2, -0.15) is 5.10 Å². The molecule has 0 aromatic carbocycles. The second kappa shape index (κ2) is 4.44. The van der Waals surface area contributed by atoms with Crippen molar-refractivity contribution in [1.82, 2.24) is 14.8 Å². The van der Waals surface area contributed by atoms with Crippen molar-refractivity contribution in [2.75, 3.05) is 5.32 Å². The Balaban J connectivity index is 2.14. The summed E-state index contributed by atoms with van der Waals surface area (Å²) in [5, 5.41) is 6.68. The van der Waals surface area contributed by atoms with Gasteiger partial charge in [-0.3, -0.25) is 14.5 Å². The van der Waals surface area contributed by atoms with Gasteiger partial charge in [-0.25, -0.2) is 0 Å². The van der Waals surface area contributed by atoms with Crippen LogP contribution in [-0.2, 0) is 7.05 Å². The van der Waals surface area contributed by atoms with Crippen LogP contribution in [0.5, 0.6) is 0 Å². The molecule has 0 aliphatic rings. The van der Waals surface area contributed by atoms with Gasteiger partial charge in [0.05, 0.1) is 17.4 Å². The molecular formula is C10H9BrN4O. The molecule has 5 nitrogen and oxygen atoms in total. The third-order valence-electron chi connectivity index (χ3n) is 1.93. The van der Waals surface area contributed by atoms with Crippen molar-refractivity contribution in [3.8, 4) is 0 Å². The fourth-order valence-corrected chi connectivity index (χ4v) is 1.59. The van der Waals surface area contributed by atoms with Crippen LogP contribution in [0.3, 0.4) is 0 Å². The summed E-state index contributed by atoms with van der Waals surface area (Å²) in [5.74, 6) is -0.207. The van der Waals surface area contributed by atoms with E-state index in [4.69, 9.17) is 0 Å². The molecule has 0 fully saturated rings. The van der Waals surface area contributed by atoms with Crippen LogP contribution in [-0.4, -0.2) is 20.7 Å². The number of amides is 1. The summed E-state index contributed by atoms with van der Waals surface area (Å²) >= 11 is 3.26. The number of carbonyl (C=O) groups is 1. The topological polar surface area (TPSA) is 59.8 Å². The number of aromatic nitrogens is 3. The number of anilines is 1. The Labute approximate surface area is 101 Å². The molecule has 0 aliphatic heterocycles. The number of halogens is 1. The van der Waals surface area contributed by atoms with E-state index in [1.807, 2.05) is 0 Å². The van der Waals surface area contributed by atoms with Gasteiger partial charge >= 0.3 is 0 Å². The van der Waals surface area contributed by atoms with E-state index in [2.05, 4.69) is 31.3 Å². The van der Waals surface area contributed by atoms with E-state index in [1.165, 1.54) is 6.20 Å². The van der Waals surface area contributed by atoms with Gasteiger partial charge in [0.15, 0.2) is 0 Å². The first-order chi connectivity index (χ1) is 7.65. The minimum atomic E-state index is -0.207. The summed E-state index contributed by atoms with van der Waals surface area (Å²) in [4.78, 5) is 15.7. The Morgan fingerprint density at radius 3 is 2.88 bits per heavy atom. The quantitative estimate of drug-likeness (QED) is 0.913. The number of rotatable bonds is 2. The number of hydrogen-bond acceptors (Lipinski definition) is 3. The molecule has 82 valence electrons. The van der Waals surface area contributed by atoms with Crippen LogP contribution in [0.2, 0.25) is 0 Å². The molecule has 1 amide bonds. The minimum absolute atomic E-state index is 0.207. The summed E-state index contributed by atoms with van der Waals surface area (Å²) in [7, 11) is 1.79. The Kier molecular flexibility index (Phi) is 3.00. The monoisotopic (exact) mass is 280 g/mol. The minimum Gasteiger partial charge on any atom is -0.319 e. The average Bonchev–Trinajstić information content (AvgIpc) is 2.64. The van der Waals surface area contributed by atoms with E-state index < -0.39 is 0 Å². The van der Waals surface area contributed by atoms with Gasteiger partial charge in [0.25, 0.3) is 5.91 Å². The summed E-state index contributed by atoms with van der Waals surface area (Å²) in [6, 6.07) is 1.71. The molecule has 2 rings (SSSR count). The van der Waals surface area contributed by atoms with Crippen molar-refractivity contribution in [1.29, 1.82) is 0 Å². The molecule has 2 aromatic rings. The number of hydrogen-bond donors (Lipinski definition) is 1. The summed E-state index contributed by atoms with van der Waals surface area (Å²) in [6.45, 7) is 0. The van der Waals surface area contributed by atoms with Crippen LogP contribution in [0.15, 0.2) is 35.3 Å². The van der Waals surface area contributed by atoms with Crippen LogP contribution < -0.4 is 5.32 Å². The maximum absolute atomic E-state index is 11.8. The molecule has 16 heavy (non-hydrogen) atoms. The maximum Gasteiger partial charge on any atom is 0.257 e. The lowest BCUT2D eigenvalue weighted by Gasteiger charge is -2.01. The molecule has 6 heteroatoms. The smallest absolute Gasteiger partial charge is 0.257 e. The molecule has 2 heterocycles. The molecule has 0 saturated carbocycles. The predicted molar refractivity (Wildman–Crippen MR) is 63.1 cm³/mol. The highest BCUT2D eigenvalue weighted by molar-refractivity contribution is 9.10. The van der Waals surface area contributed by atoms with Crippen molar-refractivity contribution >= 4 is 27.5 Å². The van der Waals surface area contributed by atoms with E-state index in [0.29, 0.717) is 11.3 Å². The number of nitrogens with zero attached hydrogens (tertiary/aromatic N) is 3. The number of nitrogens with one attached hydrogen (secondary N) is 1. The van der Waals surface area contributed by atoms with E-state index in [0.717, 1.165) is 4.47 Å². The summed E-state index contributed by atoms with van der Waals surface area (Å²) in [6.07, 6.45) is 6.45. The molecular weight excluding hydrogens is 272 g/mol. The van der Waals surface area contributed by atoms with Gasteiger partial charge in [0, 0.05) is 30.1 Å². The lowest BCUT2D eigenvalue weighted by atomic mass is 10.2. The Bertz CT molecular complexity index is 523. The third-order valence-corrected chi connectivity index (χ3v) is 2.36. The zero-order valence-electron chi connectivity index (χ0n) is 8.51. The van der Waals surface area contributed by atoms with E-state index in [-0.39, 0.29) is 5.91 Å². The van der Waals surface area contributed by atoms with Crippen molar-refractivity contribution in [3.05, 3.63) is 40.9 Å². The van der Waals surface area contributed by atoms with Crippen LogP contribution in [0, 0.1) is 0 Å². The predicted octanol–water partition coefficient (Wildman–Crippen LogP) is 1.83. The molecule has 1 N–H and O–H groups in total. The molecule has 0 saturated heterocycles. The highest BCUT2D eigenvalue weighted by atomic mass is 79.9. The fourth-order valence-electron chi connectivity index (χ4n) is 1.23. The molecule has 0 radical (unpaired) electrons. The van der Waals surface area contributed by atoms with E-state index >= 15 is 0 Å². The number of pyridine rings is 1. The van der Waals surface area contributed by atoms with Crippen molar-refractivity contribution in [2.45, 2.75) is 0 Å². The largest absolute Gasteiger partial charge is 0.319 e. The normalized spacial score (nSPS) is 10.1. The van der Waals surface area contributed by atoms with Gasteiger partial charge in [-0.05, 0) is 22.0 Å². The molecule has 0 bridgehead atoms. The maximum atomic E-state index is 11.8. The first-order valence-corrected chi connectivity index (χ1v) is 5.35. The highest BCUT2D eigenvalue weighted by Crippen LogP contribution is 2.11. The van der Waals surface area contributed by atoms with Gasteiger partial charge in [-0.1, -0.05) is 0 Å². The van der Waals surface area contributed by atoms with Gasteiger partial charge < -0.3 is 5.32 Å². The second-order valence-corrected chi connectivity index (χ2v) is 4.16. The standard InChI is InChI=1S/C10H9BrN4O/c1-15-6-9(5-13-15)14-10(16)7-2-8(11)4-12-3-7/h2-6H,1H3,(H,14,16). The van der Waals surface area contributed by atoms with Gasteiger partial charge in [0.2, 0.25) is 0 Å². The van der Waals surface area contributed by atoms with Gasteiger partial charge in [0.1, 0.15) is 0 Å². The highest BCUT2D eigenvalue weighted by Gasteiger charge is 2.07. The third kappa shape index (κ3) is 2.46. The van der Waals surface area contributed by atoms with E-state index in [1.54, 1.807) is 36.4 Å². The Morgan fingerprint density at radius 2 is 2.25 bits per heavy atom. The number of carbonyl (C=O) groups excluding carboxylic acids is 1. The SMILES string of the molecule is Cn1cc(NC(=O)c2cncc(Br)c2)cn1. The molecule has 0 unspecified atom stereocenters. The van der Waals surface area contributed by atoms with Crippen LogP contribution in [0.25, 0.3) is 0 Å². The van der Waals surface area contributed by atoms with Crippen molar-refractivity contribution in [2.24, 2.45) is 7.05 Å². The second-order valence-electron chi connectivity index (χ2n) is 3.25. The zero-order valence-corrected chi connectivity index (χ0v) is 10.1. The van der Waals surface area contributed by atoms with Crippen LogP contribution >= 0.6 is 15.9 Å². The Hall–Kier alpha value is -1.69. The number of aryl methyl sites for hydroxylation is 1. The van der Waals surface area contributed by atoms with Crippen molar-refractivity contribution in [3.63, 3.8) is 0 Å². The lowest BCUT2D eigenvalue weighted by molar-refractivity contribution is 0.102. The van der Waals surface area contributed by atoms with Gasteiger partial charge in [-0.15, -0.1) is 0 Å². The van der Waals surface area contributed by atoms with E-state index in [9.17, 15) is 4.79 Å². The molecule has 0 spiro atoms. The Morgan fingerprint density at radius 1 is 1.44 bits per heavy atom. The zero-order chi connectivity index (χ0) is 11.5. The van der Waals surface area contributed by atoms with Crippen molar-refractivity contribution < 1.29 is 4.79 Å². The first kappa shape index (κ1) is 10.8. The lowest BCUT2D eigenvalue weighted by Crippen LogP contribution is -2.11. The summed E-state index contributed by atoms with van der Waals surface area (Å²) < 4.78 is 2.39. The first-order valence-electron chi connectivity index (χ1n) is 4.56. The van der Waals surface area contributed by atoms with Crippen LogP contribution in [0.4, 0.5) is 5.69 Å². The molecule has 0 atom stereocenters. The van der Waals surface area contributed by atoms with Crippen LogP contribution in [0.1, 0.15) is 10.4 Å². The fraction of sp³-hybridized carbons (Fsp3) is 0.100. The molecule has 2 aromatic heterocycles. The average molecular weight is 281 g/mol. The summed E-state index contributed by atoms with van der Waals surface area (Å²) in [5.41, 5.74) is 1.16. The molecule has 0 aliphatic carbocycles.